The molecular formula is C54H36N2O. The van der Waals surface area contributed by atoms with Crippen LogP contribution >= 0.6 is 0 Å². The molecule has 2 heterocycles. The molecule has 0 bridgehead atoms. The van der Waals surface area contributed by atoms with Crippen molar-refractivity contribution < 1.29 is 4.42 Å². The summed E-state index contributed by atoms with van der Waals surface area (Å²) in [6, 6.07) is 78.1. The van der Waals surface area contributed by atoms with Crippen molar-refractivity contribution in [3.05, 3.63) is 218 Å². The summed E-state index contributed by atoms with van der Waals surface area (Å²) in [5.74, 6) is 0. The molecule has 0 fully saturated rings. The van der Waals surface area contributed by atoms with Gasteiger partial charge in [0.25, 0.3) is 0 Å². The van der Waals surface area contributed by atoms with E-state index < -0.39 is 0 Å². The fourth-order valence-electron chi connectivity index (χ4n) is 8.70. The smallest absolute Gasteiger partial charge is 0.143 e. The molecule has 0 amide bonds. The molecule has 0 aliphatic carbocycles. The molecule has 57 heavy (non-hydrogen) atoms. The summed E-state index contributed by atoms with van der Waals surface area (Å²) in [6.45, 7) is 0. The Kier molecular flexibility index (Phi) is 7.82. The third-order valence-corrected chi connectivity index (χ3v) is 11.2. The molecule has 0 N–H and O–H groups in total. The summed E-state index contributed by atoms with van der Waals surface area (Å²) in [5, 5.41) is 4.61. The number of nitrogens with zero attached hydrogens (tertiary/aromatic N) is 2. The van der Waals surface area contributed by atoms with Gasteiger partial charge in [-0.05, 0) is 76.9 Å². The van der Waals surface area contributed by atoms with E-state index in [4.69, 9.17) is 4.42 Å². The highest BCUT2D eigenvalue weighted by molar-refractivity contribution is 6.17. The Morgan fingerprint density at radius 1 is 0.368 bits per heavy atom. The lowest BCUT2D eigenvalue weighted by Gasteiger charge is -2.28. The fourth-order valence-corrected chi connectivity index (χ4v) is 8.70. The average molecular weight is 729 g/mol. The van der Waals surface area contributed by atoms with Crippen molar-refractivity contribution in [2.75, 3.05) is 4.90 Å². The van der Waals surface area contributed by atoms with Crippen LogP contribution in [0.2, 0.25) is 0 Å². The predicted octanol–water partition coefficient (Wildman–Crippen LogP) is 15.2. The van der Waals surface area contributed by atoms with Crippen molar-refractivity contribution in [3.63, 3.8) is 0 Å². The quantitative estimate of drug-likeness (QED) is 0.163. The van der Waals surface area contributed by atoms with E-state index in [0.717, 1.165) is 66.8 Å². The minimum absolute atomic E-state index is 0.891. The molecule has 0 spiro atoms. The molecule has 3 heteroatoms. The van der Waals surface area contributed by atoms with Gasteiger partial charge in [-0.15, -0.1) is 0 Å². The molecule has 0 unspecified atom stereocenters. The number of anilines is 3. The first-order chi connectivity index (χ1) is 28.3. The van der Waals surface area contributed by atoms with Gasteiger partial charge in [-0.1, -0.05) is 164 Å². The molecule has 0 aliphatic rings. The third kappa shape index (κ3) is 5.43. The summed E-state index contributed by atoms with van der Waals surface area (Å²) in [6.07, 6.45) is 0. The Morgan fingerprint density at radius 3 is 1.75 bits per heavy atom. The Labute approximate surface area is 330 Å². The molecule has 0 saturated heterocycles. The molecule has 268 valence electrons. The van der Waals surface area contributed by atoms with E-state index >= 15 is 0 Å². The summed E-state index contributed by atoms with van der Waals surface area (Å²) < 4.78 is 9.05. The minimum Gasteiger partial charge on any atom is -0.455 e. The minimum atomic E-state index is 0.891. The highest BCUT2D eigenvalue weighted by Crippen LogP contribution is 2.48. The zero-order valence-electron chi connectivity index (χ0n) is 31.1. The maximum atomic E-state index is 6.62. The second-order valence-corrected chi connectivity index (χ2v) is 14.5. The van der Waals surface area contributed by atoms with Gasteiger partial charge in [0.2, 0.25) is 0 Å². The first kappa shape index (κ1) is 32.8. The number of hydrogen-bond acceptors (Lipinski definition) is 2. The predicted molar refractivity (Wildman–Crippen MR) is 239 cm³/mol. The van der Waals surface area contributed by atoms with E-state index in [1.807, 2.05) is 6.07 Å². The number of benzene rings is 9. The van der Waals surface area contributed by atoms with E-state index in [1.54, 1.807) is 0 Å². The number of rotatable bonds is 7. The summed E-state index contributed by atoms with van der Waals surface area (Å²) in [4.78, 5) is 2.42. The van der Waals surface area contributed by atoms with Crippen molar-refractivity contribution >= 4 is 60.8 Å². The van der Waals surface area contributed by atoms with Gasteiger partial charge < -0.3 is 13.9 Å². The van der Waals surface area contributed by atoms with E-state index in [1.165, 1.54) is 33.0 Å². The first-order valence-electron chi connectivity index (χ1n) is 19.4. The number of aromatic nitrogens is 1. The molecule has 11 rings (SSSR count). The second-order valence-electron chi connectivity index (χ2n) is 14.5. The summed E-state index contributed by atoms with van der Waals surface area (Å²) >= 11 is 0. The fraction of sp³-hybridized carbons (Fsp3) is 0. The molecular weight excluding hydrogens is 693 g/mol. The Bertz CT molecular complexity index is 3230. The van der Waals surface area contributed by atoms with Gasteiger partial charge in [-0.3, -0.25) is 0 Å². The number of furan rings is 1. The maximum Gasteiger partial charge on any atom is 0.143 e. The third-order valence-electron chi connectivity index (χ3n) is 11.2. The molecule has 0 aliphatic heterocycles. The van der Waals surface area contributed by atoms with Gasteiger partial charge in [-0.25, -0.2) is 0 Å². The lowest BCUT2D eigenvalue weighted by atomic mass is 9.94. The highest BCUT2D eigenvalue weighted by Gasteiger charge is 2.24. The monoisotopic (exact) mass is 728 g/mol. The normalized spacial score (nSPS) is 11.5. The van der Waals surface area contributed by atoms with Crippen LogP contribution in [0.25, 0.3) is 82.8 Å². The van der Waals surface area contributed by atoms with Gasteiger partial charge in [-0.2, -0.15) is 0 Å². The van der Waals surface area contributed by atoms with Crippen LogP contribution in [0.1, 0.15) is 0 Å². The zero-order valence-corrected chi connectivity index (χ0v) is 31.1. The SMILES string of the molecule is c1ccc(-c2ccc(-n3c4ccccc4c4c(N(c5ccccc5)c5ccccc5-c5cccc6c5oc5ccccc56)cccc43)cc2-c2ccccc2)cc1. The van der Waals surface area contributed by atoms with Crippen LogP contribution in [0.3, 0.4) is 0 Å². The van der Waals surface area contributed by atoms with Crippen molar-refractivity contribution in [2.45, 2.75) is 0 Å². The van der Waals surface area contributed by atoms with Crippen molar-refractivity contribution in [3.8, 4) is 39.1 Å². The lowest BCUT2D eigenvalue weighted by Crippen LogP contribution is -2.11. The highest BCUT2D eigenvalue weighted by atomic mass is 16.3. The topological polar surface area (TPSA) is 21.3 Å². The summed E-state index contributed by atoms with van der Waals surface area (Å²) in [5.41, 5.74) is 15.4. The number of para-hydroxylation sites is 5. The van der Waals surface area contributed by atoms with Crippen LogP contribution in [-0.4, -0.2) is 4.57 Å². The van der Waals surface area contributed by atoms with Crippen LogP contribution in [0, 0.1) is 0 Å². The van der Waals surface area contributed by atoms with Crippen LogP contribution in [-0.2, 0) is 0 Å². The van der Waals surface area contributed by atoms with Gasteiger partial charge in [0, 0.05) is 44.0 Å². The average Bonchev–Trinajstić information content (AvgIpc) is 3.84. The molecule has 0 atom stereocenters. The van der Waals surface area contributed by atoms with Crippen molar-refractivity contribution in [2.24, 2.45) is 0 Å². The Hall–Kier alpha value is -7.62. The first-order valence-corrected chi connectivity index (χ1v) is 19.4. The molecule has 0 radical (unpaired) electrons. The van der Waals surface area contributed by atoms with Crippen LogP contribution in [0.15, 0.2) is 223 Å². The van der Waals surface area contributed by atoms with Gasteiger partial charge >= 0.3 is 0 Å². The Balaban J connectivity index is 1.17. The molecule has 3 nitrogen and oxygen atoms in total. The standard InChI is InChI=1S/C54H36N2O/c1-4-18-37(19-5-1)41-35-34-40(36-47(41)38-20-6-2-7-21-38)56-49-30-14-11-26-46(49)53-50(31-17-32-51(53)56)55(39-22-8-3-9-23-39)48-29-13-10-24-42(48)44-27-16-28-45-43-25-12-15-33-52(43)57-54(44)45/h1-36H. The second kappa shape index (κ2) is 13.6. The van der Waals surface area contributed by atoms with E-state index in [-0.39, 0.29) is 0 Å². The van der Waals surface area contributed by atoms with Gasteiger partial charge in [0.1, 0.15) is 11.2 Å². The number of fused-ring (bicyclic) bond motifs is 6. The Morgan fingerprint density at radius 2 is 0.947 bits per heavy atom. The molecule has 9 aromatic carbocycles. The maximum absolute atomic E-state index is 6.62. The van der Waals surface area contributed by atoms with Crippen LogP contribution in [0.5, 0.6) is 0 Å². The lowest BCUT2D eigenvalue weighted by molar-refractivity contribution is 0.670. The number of hydrogen-bond donors (Lipinski definition) is 0. The van der Waals surface area contributed by atoms with Gasteiger partial charge in [0.15, 0.2) is 0 Å². The van der Waals surface area contributed by atoms with E-state index in [2.05, 4.69) is 222 Å². The van der Waals surface area contributed by atoms with Crippen molar-refractivity contribution in [1.29, 1.82) is 0 Å². The largest absolute Gasteiger partial charge is 0.455 e. The van der Waals surface area contributed by atoms with E-state index in [9.17, 15) is 0 Å². The van der Waals surface area contributed by atoms with Gasteiger partial charge in [0.05, 0.1) is 22.4 Å². The summed E-state index contributed by atoms with van der Waals surface area (Å²) in [7, 11) is 0. The van der Waals surface area contributed by atoms with Crippen LogP contribution < -0.4 is 4.90 Å². The van der Waals surface area contributed by atoms with E-state index in [0.29, 0.717) is 0 Å². The van der Waals surface area contributed by atoms with Crippen LogP contribution in [0.4, 0.5) is 17.1 Å². The molecule has 0 saturated carbocycles. The zero-order chi connectivity index (χ0) is 37.7. The molecule has 2 aromatic heterocycles. The molecule has 11 aromatic rings. The van der Waals surface area contributed by atoms with Crippen molar-refractivity contribution in [1.82, 2.24) is 4.57 Å².